The van der Waals surface area contributed by atoms with Gasteiger partial charge in [-0.25, -0.2) is 0 Å². The first kappa shape index (κ1) is 15.6. The molecule has 3 N–H and O–H groups in total. The number of unbranched alkanes of at least 4 members (excludes halogenated alkanes) is 1. The Hall–Kier alpha value is -1.82. The Morgan fingerprint density at radius 3 is 2.95 bits per heavy atom. The quantitative estimate of drug-likeness (QED) is 0.581. The van der Waals surface area contributed by atoms with E-state index in [-0.39, 0.29) is 5.91 Å². The number of hydrogen-bond donors (Lipinski definition) is 2. The number of amides is 1. The smallest absolute Gasteiger partial charge is 0.217 e. The van der Waals surface area contributed by atoms with Crippen LogP contribution in [-0.2, 0) is 11.3 Å². The summed E-state index contributed by atoms with van der Waals surface area (Å²) in [7, 11) is 0. The minimum Gasteiger partial charge on any atom is -0.491 e. The van der Waals surface area contributed by atoms with Crippen LogP contribution in [0.4, 0.5) is 0 Å². The molecule has 0 radical (unpaired) electrons. The van der Waals surface area contributed by atoms with Crippen LogP contribution in [0.2, 0.25) is 0 Å². The number of nitrogens with one attached hydrogen (secondary N) is 1. The number of nitrogens with two attached hydrogens (primary N) is 1. The molecule has 2 aromatic rings. The number of aromatic amines is 1. The lowest BCUT2D eigenvalue weighted by molar-refractivity contribution is -0.118. The van der Waals surface area contributed by atoms with Gasteiger partial charge in [0, 0.05) is 13.0 Å². The van der Waals surface area contributed by atoms with Gasteiger partial charge in [-0.1, -0.05) is 13.0 Å². The summed E-state index contributed by atoms with van der Waals surface area (Å²) in [6.45, 7) is 3.53. The SMILES string of the molecule is CCCOc1cccc2c1[nH]c(=S)n2CCCCC(N)=O. The number of benzene rings is 1. The normalized spacial score (nSPS) is 10.9. The molecule has 6 heteroatoms. The Balaban J connectivity index is 2.18. The zero-order valence-corrected chi connectivity index (χ0v) is 13.0. The van der Waals surface area contributed by atoms with Crippen LogP contribution < -0.4 is 10.5 Å². The number of aromatic nitrogens is 2. The number of fused-ring (bicyclic) bond motifs is 1. The molecule has 0 fully saturated rings. The highest BCUT2D eigenvalue weighted by Gasteiger charge is 2.09. The minimum absolute atomic E-state index is 0.257. The Labute approximate surface area is 129 Å². The van der Waals surface area contributed by atoms with Crippen LogP contribution >= 0.6 is 12.2 Å². The van der Waals surface area contributed by atoms with Crippen LogP contribution in [0.1, 0.15) is 32.6 Å². The number of aryl methyl sites for hydroxylation is 1. The van der Waals surface area contributed by atoms with E-state index in [4.69, 9.17) is 22.7 Å². The van der Waals surface area contributed by atoms with Crippen LogP contribution in [-0.4, -0.2) is 22.1 Å². The summed E-state index contributed by atoms with van der Waals surface area (Å²) in [6, 6.07) is 5.94. The highest BCUT2D eigenvalue weighted by Crippen LogP contribution is 2.25. The van der Waals surface area contributed by atoms with Gasteiger partial charge < -0.3 is 20.0 Å². The van der Waals surface area contributed by atoms with E-state index in [9.17, 15) is 4.79 Å². The number of hydrogen-bond acceptors (Lipinski definition) is 3. The van der Waals surface area contributed by atoms with Crippen molar-refractivity contribution in [2.45, 2.75) is 39.2 Å². The average Bonchev–Trinajstić information content (AvgIpc) is 2.77. The second-order valence-electron chi connectivity index (χ2n) is 5.00. The number of nitrogens with zero attached hydrogens (tertiary/aromatic N) is 1. The van der Waals surface area contributed by atoms with Crippen LogP contribution in [0.3, 0.4) is 0 Å². The van der Waals surface area contributed by atoms with Crippen molar-refractivity contribution in [3.8, 4) is 5.75 Å². The molecule has 0 aliphatic rings. The summed E-state index contributed by atoms with van der Waals surface area (Å²) in [4.78, 5) is 14.0. The summed E-state index contributed by atoms with van der Waals surface area (Å²) in [6.07, 6.45) is 3.02. The number of ether oxygens (including phenoxy) is 1. The van der Waals surface area contributed by atoms with Gasteiger partial charge >= 0.3 is 0 Å². The van der Waals surface area contributed by atoms with Crippen LogP contribution in [0.25, 0.3) is 11.0 Å². The fourth-order valence-corrected chi connectivity index (χ4v) is 2.57. The van der Waals surface area contributed by atoms with E-state index >= 15 is 0 Å². The first-order valence-electron chi connectivity index (χ1n) is 7.26. The molecule has 1 heterocycles. The fraction of sp³-hybridized carbons (Fsp3) is 0.467. The van der Waals surface area contributed by atoms with Crippen LogP contribution in [0.15, 0.2) is 18.2 Å². The van der Waals surface area contributed by atoms with E-state index in [1.54, 1.807) is 0 Å². The number of carbonyl (C=O) groups excluding carboxylic acids is 1. The lowest BCUT2D eigenvalue weighted by Gasteiger charge is -2.07. The number of para-hydroxylation sites is 1. The Morgan fingerprint density at radius 2 is 2.24 bits per heavy atom. The number of H-pyrrole nitrogens is 1. The highest BCUT2D eigenvalue weighted by molar-refractivity contribution is 7.71. The molecule has 1 aromatic carbocycles. The van der Waals surface area contributed by atoms with Crippen molar-refractivity contribution < 1.29 is 9.53 Å². The summed E-state index contributed by atoms with van der Waals surface area (Å²) < 4.78 is 8.47. The van der Waals surface area contributed by atoms with Crippen molar-refractivity contribution in [3.05, 3.63) is 23.0 Å². The molecule has 0 bridgehead atoms. The van der Waals surface area contributed by atoms with Gasteiger partial charge in [0.15, 0.2) is 4.77 Å². The molecule has 114 valence electrons. The van der Waals surface area contributed by atoms with Gasteiger partial charge in [-0.15, -0.1) is 0 Å². The van der Waals surface area contributed by atoms with Gasteiger partial charge in [0.1, 0.15) is 11.3 Å². The van der Waals surface area contributed by atoms with Gasteiger partial charge in [0.25, 0.3) is 0 Å². The Kier molecular flexibility index (Phi) is 5.38. The highest BCUT2D eigenvalue weighted by atomic mass is 32.1. The maximum atomic E-state index is 10.8. The zero-order chi connectivity index (χ0) is 15.2. The maximum Gasteiger partial charge on any atom is 0.217 e. The predicted octanol–water partition coefficient (Wildman–Crippen LogP) is 3.14. The Bertz CT molecular complexity index is 675. The largest absolute Gasteiger partial charge is 0.491 e. The third kappa shape index (κ3) is 3.85. The molecule has 2 rings (SSSR count). The van der Waals surface area contributed by atoms with Gasteiger partial charge in [-0.3, -0.25) is 4.79 Å². The van der Waals surface area contributed by atoms with Crippen LogP contribution in [0, 0.1) is 4.77 Å². The third-order valence-electron chi connectivity index (χ3n) is 3.29. The van der Waals surface area contributed by atoms with E-state index in [0.29, 0.717) is 17.8 Å². The minimum atomic E-state index is -0.257. The van der Waals surface area contributed by atoms with Crippen molar-refractivity contribution in [2.75, 3.05) is 6.61 Å². The second-order valence-corrected chi connectivity index (χ2v) is 5.39. The molecule has 0 spiro atoms. The topological polar surface area (TPSA) is 73.0 Å². The monoisotopic (exact) mass is 307 g/mol. The number of imidazole rings is 1. The standard InChI is InChI=1S/C15H21N3O2S/c1-2-10-20-12-7-5-6-11-14(12)17-15(21)18(11)9-4-3-8-13(16)19/h5-7H,2-4,8-10H2,1H3,(H2,16,19)(H,17,21). The molecule has 0 atom stereocenters. The molecule has 21 heavy (non-hydrogen) atoms. The van der Waals surface area contributed by atoms with Crippen molar-refractivity contribution in [1.29, 1.82) is 0 Å². The van der Waals surface area contributed by atoms with E-state index in [1.807, 2.05) is 22.8 Å². The van der Waals surface area contributed by atoms with Gasteiger partial charge in [0.05, 0.1) is 12.1 Å². The molecule has 0 saturated carbocycles. The lowest BCUT2D eigenvalue weighted by Crippen LogP contribution is -2.10. The van der Waals surface area contributed by atoms with Crippen molar-refractivity contribution in [2.24, 2.45) is 5.73 Å². The summed E-state index contributed by atoms with van der Waals surface area (Å²) >= 11 is 5.39. The molecule has 1 aromatic heterocycles. The molecule has 5 nitrogen and oxygen atoms in total. The van der Waals surface area contributed by atoms with E-state index in [1.165, 1.54) is 0 Å². The third-order valence-corrected chi connectivity index (χ3v) is 3.61. The molecule has 0 aliphatic heterocycles. The number of primary amides is 1. The predicted molar refractivity (Wildman–Crippen MR) is 86.0 cm³/mol. The van der Waals surface area contributed by atoms with Crippen LogP contribution in [0.5, 0.6) is 5.75 Å². The van der Waals surface area contributed by atoms with Gasteiger partial charge in [0.2, 0.25) is 5.91 Å². The molecule has 0 saturated heterocycles. The van der Waals surface area contributed by atoms with Crippen molar-refractivity contribution >= 4 is 29.2 Å². The molecular formula is C15H21N3O2S. The molecular weight excluding hydrogens is 286 g/mol. The van der Waals surface area contributed by atoms with E-state index in [2.05, 4.69) is 11.9 Å². The molecule has 1 amide bonds. The molecule has 0 aliphatic carbocycles. The Morgan fingerprint density at radius 1 is 1.43 bits per heavy atom. The summed E-state index contributed by atoms with van der Waals surface area (Å²) in [5.74, 6) is 0.573. The lowest BCUT2D eigenvalue weighted by atomic mass is 10.2. The van der Waals surface area contributed by atoms with E-state index in [0.717, 1.165) is 42.6 Å². The van der Waals surface area contributed by atoms with Crippen molar-refractivity contribution in [3.63, 3.8) is 0 Å². The first-order valence-corrected chi connectivity index (χ1v) is 7.67. The average molecular weight is 307 g/mol. The van der Waals surface area contributed by atoms with Gasteiger partial charge in [-0.05, 0) is 43.6 Å². The second kappa shape index (κ2) is 7.26. The molecule has 0 unspecified atom stereocenters. The van der Waals surface area contributed by atoms with Crippen molar-refractivity contribution in [1.82, 2.24) is 9.55 Å². The number of rotatable bonds is 8. The zero-order valence-electron chi connectivity index (χ0n) is 12.2. The van der Waals surface area contributed by atoms with Gasteiger partial charge in [-0.2, -0.15) is 0 Å². The van der Waals surface area contributed by atoms with E-state index < -0.39 is 0 Å². The number of carbonyl (C=O) groups is 1. The maximum absolute atomic E-state index is 10.8. The fourth-order valence-electron chi connectivity index (χ4n) is 2.28. The first-order chi connectivity index (χ1) is 10.1. The summed E-state index contributed by atoms with van der Waals surface area (Å²) in [5, 5.41) is 0. The summed E-state index contributed by atoms with van der Waals surface area (Å²) in [5.41, 5.74) is 7.12.